The molecule has 0 aliphatic carbocycles. The number of piperazine rings is 1. The second-order valence-corrected chi connectivity index (χ2v) is 9.35. The van der Waals surface area contributed by atoms with E-state index in [1.165, 1.54) is 11.3 Å². The largest absolute Gasteiger partial charge is 0.309 e. The maximum Gasteiger partial charge on any atom is 0.252 e. The highest BCUT2D eigenvalue weighted by molar-refractivity contribution is 9.11. The third-order valence-corrected chi connectivity index (χ3v) is 7.37. The Balaban J connectivity index is 0.00000180. The molecule has 110 valence electrons. The average Bonchev–Trinajstić information content (AvgIpc) is 2.58. The zero-order chi connectivity index (χ0) is 13.5. The Bertz CT molecular complexity index is 517. The minimum Gasteiger partial charge on any atom is -0.309 e. The lowest BCUT2D eigenvalue weighted by Gasteiger charge is -2.34. The number of nitrogens with one attached hydrogen (secondary N) is 1. The van der Waals surface area contributed by atoms with E-state index in [2.05, 4.69) is 21.2 Å². The molecule has 19 heavy (non-hydrogen) atoms. The van der Waals surface area contributed by atoms with E-state index in [1.807, 2.05) is 20.8 Å². The van der Waals surface area contributed by atoms with Gasteiger partial charge in [-0.2, -0.15) is 4.31 Å². The molecule has 1 aliphatic rings. The summed E-state index contributed by atoms with van der Waals surface area (Å²) in [5, 5.41) is 3.34. The number of aryl methyl sites for hydroxylation is 1. The first-order chi connectivity index (χ1) is 8.30. The lowest BCUT2D eigenvalue weighted by molar-refractivity contribution is 0.263. The highest BCUT2D eigenvalue weighted by Crippen LogP contribution is 2.32. The maximum absolute atomic E-state index is 12.5. The first-order valence-electron chi connectivity index (χ1n) is 5.83. The van der Waals surface area contributed by atoms with Gasteiger partial charge in [0.05, 0.1) is 3.79 Å². The van der Waals surface area contributed by atoms with Gasteiger partial charge >= 0.3 is 0 Å². The molecule has 0 saturated carbocycles. The van der Waals surface area contributed by atoms with Crippen LogP contribution in [0.1, 0.15) is 19.4 Å². The molecule has 1 aromatic rings. The molecule has 1 aliphatic heterocycles. The Morgan fingerprint density at radius 2 is 1.89 bits per heavy atom. The van der Waals surface area contributed by atoms with Gasteiger partial charge in [0.2, 0.25) is 0 Å². The van der Waals surface area contributed by atoms with Gasteiger partial charge in [0.25, 0.3) is 10.0 Å². The SMILES string of the molecule is Cc1cc(S(=O)(=O)N2CC(C)NC(C)C2)sc1Br.Cl. The van der Waals surface area contributed by atoms with E-state index in [0.717, 1.165) is 9.35 Å². The Hall–Kier alpha value is 0.340. The van der Waals surface area contributed by atoms with Crippen LogP contribution in [0, 0.1) is 6.92 Å². The van der Waals surface area contributed by atoms with Crippen LogP contribution in [0.25, 0.3) is 0 Å². The van der Waals surface area contributed by atoms with Crippen LogP contribution in [0.2, 0.25) is 0 Å². The van der Waals surface area contributed by atoms with E-state index in [-0.39, 0.29) is 24.5 Å². The normalized spacial score (nSPS) is 25.1. The third-order valence-electron chi connectivity index (χ3n) is 2.95. The molecule has 4 nitrogen and oxygen atoms in total. The molecular weight excluding hydrogens is 372 g/mol. The summed E-state index contributed by atoms with van der Waals surface area (Å²) in [7, 11) is -3.35. The summed E-state index contributed by atoms with van der Waals surface area (Å²) in [5.74, 6) is 0. The summed E-state index contributed by atoms with van der Waals surface area (Å²) in [4.78, 5) is 0. The van der Waals surface area contributed by atoms with Gasteiger partial charge in [-0.05, 0) is 48.3 Å². The minimum atomic E-state index is -3.35. The first kappa shape index (κ1) is 17.4. The number of sulfonamides is 1. The summed E-state index contributed by atoms with van der Waals surface area (Å²) >= 11 is 4.66. The second kappa shape index (κ2) is 6.41. The van der Waals surface area contributed by atoms with Gasteiger partial charge < -0.3 is 5.32 Å². The maximum atomic E-state index is 12.5. The number of halogens is 2. The van der Waals surface area contributed by atoms with Crippen molar-refractivity contribution in [2.45, 2.75) is 37.1 Å². The lowest BCUT2D eigenvalue weighted by Crippen LogP contribution is -2.55. The van der Waals surface area contributed by atoms with Crippen molar-refractivity contribution in [2.75, 3.05) is 13.1 Å². The first-order valence-corrected chi connectivity index (χ1v) is 8.88. The molecule has 1 fully saturated rings. The van der Waals surface area contributed by atoms with Crippen molar-refractivity contribution < 1.29 is 8.42 Å². The molecule has 0 radical (unpaired) electrons. The van der Waals surface area contributed by atoms with Gasteiger partial charge in [0.1, 0.15) is 4.21 Å². The Kier molecular flexibility index (Phi) is 5.86. The molecule has 0 bridgehead atoms. The van der Waals surface area contributed by atoms with Crippen LogP contribution < -0.4 is 5.32 Å². The van der Waals surface area contributed by atoms with Gasteiger partial charge in [0.15, 0.2) is 0 Å². The van der Waals surface area contributed by atoms with Gasteiger partial charge in [-0.25, -0.2) is 8.42 Å². The van der Waals surface area contributed by atoms with Gasteiger partial charge in [-0.15, -0.1) is 23.7 Å². The number of rotatable bonds is 2. The average molecular weight is 390 g/mol. The highest BCUT2D eigenvalue weighted by Gasteiger charge is 2.32. The summed E-state index contributed by atoms with van der Waals surface area (Å²) in [6, 6.07) is 2.11. The van der Waals surface area contributed by atoms with Gasteiger partial charge in [-0.3, -0.25) is 0 Å². The van der Waals surface area contributed by atoms with Crippen molar-refractivity contribution in [1.29, 1.82) is 0 Å². The molecule has 0 aromatic carbocycles. The fraction of sp³-hybridized carbons (Fsp3) is 0.636. The van der Waals surface area contributed by atoms with E-state index >= 15 is 0 Å². The molecule has 0 spiro atoms. The van der Waals surface area contributed by atoms with E-state index in [9.17, 15) is 8.42 Å². The van der Waals surface area contributed by atoms with Crippen LogP contribution in [0.4, 0.5) is 0 Å². The van der Waals surface area contributed by atoms with Gasteiger partial charge in [0, 0.05) is 25.2 Å². The van der Waals surface area contributed by atoms with Crippen molar-refractivity contribution in [2.24, 2.45) is 0 Å². The van der Waals surface area contributed by atoms with Crippen LogP contribution in [-0.4, -0.2) is 37.9 Å². The van der Waals surface area contributed by atoms with Gasteiger partial charge in [-0.1, -0.05) is 0 Å². The summed E-state index contributed by atoms with van der Waals surface area (Å²) in [6.45, 7) is 6.98. The molecule has 1 saturated heterocycles. The smallest absolute Gasteiger partial charge is 0.252 e. The van der Waals surface area contributed by atoms with Crippen molar-refractivity contribution >= 4 is 49.7 Å². The molecule has 1 N–H and O–H groups in total. The van der Waals surface area contributed by atoms with Crippen LogP contribution in [0.15, 0.2) is 14.1 Å². The quantitative estimate of drug-likeness (QED) is 0.846. The van der Waals surface area contributed by atoms with Crippen LogP contribution >= 0.6 is 39.7 Å². The monoisotopic (exact) mass is 388 g/mol. The molecule has 2 heterocycles. The Morgan fingerprint density at radius 3 is 2.32 bits per heavy atom. The topological polar surface area (TPSA) is 49.4 Å². The molecule has 2 atom stereocenters. The predicted molar refractivity (Wildman–Crippen MR) is 84.8 cm³/mol. The Morgan fingerprint density at radius 1 is 1.37 bits per heavy atom. The van der Waals surface area contributed by atoms with Crippen LogP contribution in [-0.2, 0) is 10.0 Å². The number of thiophene rings is 1. The summed E-state index contributed by atoms with van der Waals surface area (Å²) < 4.78 is 28.0. The zero-order valence-electron chi connectivity index (χ0n) is 11.0. The molecule has 2 unspecified atom stereocenters. The molecule has 0 amide bonds. The standard InChI is InChI=1S/C11H17BrN2O2S2.ClH/c1-7-4-10(17-11(7)12)18(15,16)14-5-8(2)13-9(3)6-14;/h4,8-9,13H,5-6H2,1-3H3;1H. The number of nitrogens with zero attached hydrogens (tertiary/aromatic N) is 1. The number of hydrogen-bond donors (Lipinski definition) is 1. The van der Waals surface area contributed by atoms with Crippen molar-refractivity contribution in [3.05, 3.63) is 15.4 Å². The summed E-state index contributed by atoms with van der Waals surface area (Å²) in [6.07, 6.45) is 0. The van der Waals surface area contributed by atoms with E-state index in [1.54, 1.807) is 10.4 Å². The number of hydrogen-bond acceptors (Lipinski definition) is 4. The molecule has 2 rings (SSSR count). The van der Waals surface area contributed by atoms with E-state index in [4.69, 9.17) is 0 Å². The van der Waals surface area contributed by atoms with Crippen LogP contribution in [0.3, 0.4) is 0 Å². The molecule has 1 aromatic heterocycles. The summed E-state index contributed by atoms with van der Waals surface area (Å²) in [5.41, 5.74) is 0.967. The molecular formula is C11H18BrClN2O2S2. The Labute approximate surface area is 133 Å². The van der Waals surface area contributed by atoms with Crippen LogP contribution in [0.5, 0.6) is 0 Å². The molecule has 8 heteroatoms. The predicted octanol–water partition coefficient (Wildman–Crippen LogP) is 2.61. The second-order valence-electron chi connectivity index (χ2n) is 4.81. The zero-order valence-corrected chi connectivity index (χ0v) is 15.0. The fourth-order valence-corrected chi connectivity index (χ4v) is 6.16. The van der Waals surface area contributed by atoms with E-state index < -0.39 is 10.0 Å². The minimum absolute atomic E-state index is 0. The van der Waals surface area contributed by atoms with Crippen molar-refractivity contribution in [3.8, 4) is 0 Å². The lowest BCUT2D eigenvalue weighted by atomic mass is 10.2. The van der Waals surface area contributed by atoms with Crippen molar-refractivity contribution in [1.82, 2.24) is 9.62 Å². The van der Waals surface area contributed by atoms with E-state index in [0.29, 0.717) is 17.3 Å². The third kappa shape index (κ3) is 3.71. The fourth-order valence-electron chi connectivity index (χ4n) is 2.16. The van der Waals surface area contributed by atoms with Crippen molar-refractivity contribution in [3.63, 3.8) is 0 Å². The highest BCUT2D eigenvalue weighted by atomic mass is 79.9.